The Hall–Kier alpha value is -0.340. The third kappa shape index (κ3) is 3.61. The topological polar surface area (TPSA) is 12.0 Å². The third-order valence-corrected chi connectivity index (χ3v) is 5.67. The molecular weight excluding hydrogens is 250 g/mol. The van der Waals surface area contributed by atoms with Gasteiger partial charge < -0.3 is 5.32 Å². The summed E-state index contributed by atoms with van der Waals surface area (Å²) >= 11 is 1.93. The normalized spacial score (nSPS) is 25.8. The van der Waals surface area contributed by atoms with Crippen molar-refractivity contribution in [2.75, 3.05) is 0 Å². The van der Waals surface area contributed by atoms with Crippen molar-refractivity contribution in [2.24, 2.45) is 11.8 Å². The Morgan fingerprint density at radius 2 is 1.84 bits per heavy atom. The molecule has 0 aliphatic heterocycles. The Bertz CT molecular complexity index is 407. The van der Waals surface area contributed by atoms with Gasteiger partial charge in [0.25, 0.3) is 0 Å². The molecule has 0 amide bonds. The van der Waals surface area contributed by atoms with Crippen molar-refractivity contribution in [3.05, 3.63) is 21.4 Å². The molecule has 1 nitrogen and oxygen atoms in total. The van der Waals surface area contributed by atoms with Crippen LogP contribution in [0.2, 0.25) is 0 Å². The predicted molar refractivity (Wildman–Crippen MR) is 85.9 cm³/mol. The van der Waals surface area contributed by atoms with Gasteiger partial charge in [-0.1, -0.05) is 26.7 Å². The highest BCUT2D eigenvalue weighted by Gasteiger charge is 2.28. The summed E-state index contributed by atoms with van der Waals surface area (Å²) in [5.41, 5.74) is 1.51. The van der Waals surface area contributed by atoms with Crippen LogP contribution in [0.1, 0.15) is 67.8 Å². The first-order valence-corrected chi connectivity index (χ1v) is 8.63. The zero-order valence-corrected chi connectivity index (χ0v) is 13.9. The van der Waals surface area contributed by atoms with E-state index in [0.29, 0.717) is 12.1 Å². The molecule has 1 saturated carbocycles. The minimum atomic E-state index is 0.495. The molecule has 1 N–H and O–H groups in total. The predicted octanol–water partition coefficient (Wildman–Crippen LogP) is 5.23. The highest BCUT2D eigenvalue weighted by molar-refractivity contribution is 7.12. The molecule has 2 heteroatoms. The molecule has 1 heterocycles. The lowest BCUT2D eigenvalue weighted by Crippen LogP contribution is -2.42. The van der Waals surface area contributed by atoms with Gasteiger partial charge in [0.1, 0.15) is 0 Å². The van der Waals surface area contributed by atoms with E-state index in [1.807, 2.05) is 11.3 Å². The summed E-state index contributed by atoms with van der Waals surface area (Å²) in [6.07, 6.45) is 5.58. The lowest BCUT2D eigenvalue weighted by molar-refractivity contribution is 0.195. The van der Waals surface area contributed by atoms with E-state index in [1.165, 1.54) is 41.0 Å². The maximum absolute atomic E-state index is 3.93. The smallest absolute Gasteiger partial charge is 0.0305 e. The summed E-state index contributed by atoms with van der Waals surface area (Å²) in [5.74, 6) is 1.66. The standard InChI is InChI=1S/C17H29NS/c1-11(2)15-8-6-7-9-17(15)18-13(4)16-10-12(3)19-14(16)5/h10-11,13,15,17-18H,6-9H2,1-5H3. The van der Waals surface area contributed by atoms with Crippen LogP contribution >= 0.6 is 11.3 Å². The van der Waals surface area contributed by atoms with E-state index in [-0.39, 0.29) is 0 Å². The minimum Gasteiger partial charge on any atom is -0.307 e. The van der Waals surface area contributed by atoms with Crippen LogP contribution in [0, 0.1) is 25.7 Å². The molecule has 0 spiro atoms. The maximum Gasteiger partial charge on any atom is 0.0305 e. The van der Waals surface area contributed by atoms with Crippen molar-refractivity contribution in [2.45, 2.75) is 72.4 Å². The van der Waals surface area contributed by atoms with E-state index >= 15 is 0 Å². The van der Waals surface area contributed by atoms with Crippen LogP contribution < -0.4 is 5.32 Å². The molecule has 1 aromatic heterocycles. The molecule has 2 rings (SSSR count). The molecule has 1 aliphatic rings. The van der Waals surface area contributed by atoms with Gasteiger partial charge in [-0.2, -0.15) is 0 Å². The number of nitrogens with one attached hydrogen (secondary N) is 1. The fourth-order valence-electron chi connectivity index (χ4n) is 3.66. The van der Waals surface area contributed by atoms with Gasteiger partial charge in [-0.3, -0.25) is 0 Å². The van der Waals surface area contributed by atoms with Crippen molar-refractivity contribution in [1.29, 1.82) is 0 Å². The van der Waals surface area contributed by atoms with Crippen molar-refractivity contribution in [3.8, 4) is 0 Å². The summed E-state index contributed by atoms with van der Waals surface area (Å²) in [7, 11) is 0. The summed E-state index contributed by atoms with van der Waals surface area (Å²) in [6, 6.07) is 3.57. The maximum atomic E-state index is 3.93. The van der Waals surface area contributed by atoms with Crippen LogP contribution in [-0.2, 0) is 0 Å². The molecular formula is C17H29NS. The summed E-state index contributed by atoms with van der Waals surface area (Å²) in [5, 5.41) is 3.93. The van der Waals surface area contributed by atoms with Gasteiger partial charge in [-0.25, -0.2) is 0 Å². The molecule has 108 valence electrons. The molecule has 1 fully saturated rings. The Morgan fingerprint density at radius 1 is 1.16 bits per heavy atom. The average Bonchev–Trinajstić information content (AvgIpc) is 2.69. The molecule has 0 saturated heterocycles. The van der Waals surface area contributed by atoms with Crippen LogP contribution in [0.25, 0.3) is 0 Å². The van der Waals surface area contributed by atoms with Crippen LogP contribution in [0.3, 0.4) is 0 Å². The molecule has 3 unspecified atom stereocenters. The lowest BCUT2D eigenvalue weighted by Gasteiger charge is -2.37. The average molecular weight is 279 g/mol. The van der Waals surface area contributed by atoms with E-state index < -0.39 is 0 Å². The number of rotatable bonds is 4. The molecule has 3 atom stereocenters. The molecule has 0 radical (unpaired) electrons. The van der Waals surface area contributed by atoms with E-state index in [1.54, 1.807) is 0 Å². The lowest BCUT2D eigenvalue weighted by atomic mass is 9.77. The van der Waals surface area contributed by atoms with Gasteiger partial charge in [0.05, 0.1) is 0 Å². The minimum absolute atomic E-state index is 0.495. The Kier molecular flexibility index (Phi) is 5.08. The second-order valence-corrected chi connectivity index (χ2v) is 8.02. The number of thiophene rings is 1. The van der Waals surface area contributed by atoms with Crippen LogP contribution in [0.5, 0.6) is 0 Å². The third-order valence-electron chi connectivity index (χ3n) is 4.69. The number of hydrogen-bond acceptors (Lipinski definition) is 2. The van der Waals surface area contributed by atoms with E-state index in [0.717, 1.165) is 11.8 Å². The van der Waals surface area contributed by atoms with E-state index in [9.17, 15) is 0 Å². The molecule has 1 aromatic rings. The second-order valence-electron chi connectivity index (χ2n) is 6.56. The highest BCUT2D eigenvalue weighted by atomic mass is 32.1. The molecule has 0 bridgehead atoms. The van der Waals surface area contributed by atoms with Gasteiger partial charge in [0, 0.05) is 21.8 Å². The number of hydrogen-bond donors (Lipinski definition) is 1. The Balaban J connectivity index is 2.04. The van der Waals surface area contributed by atoms with Gasteiger partial charge in [-0.15, -0.1) is 11.3 Å². The van der Waals surface area contributed by atoms with Crippen LogP contribution in [-0.4, -0.2) is 6.04 Å². The van der Waals surface area contributed by atoms with Crippen LogP contribution in [0.4, 0.5) is 0 Å². The molecule has 1 aliphatic carbocycles. The first-order valence-electron chi connectivity index (χ1n) is 7.82. The highest BCUT2D eigenvalue weighted by Crippen LogP contribution is 2.33. The quantitative estimate of drug-likeness (QED) is 0.795. The largest absolute Gasteiger partial charge is 0.307 e. The van der Waals surface area contributed by atoms with Gasteiger partial charge in [0.2, 0.25) is 0 Å². The fraction of sp³-hybridized carbons (Fsp3) is 0.765. The summed E-state index contributed by atoms with van der Waals surface area (Å²) < 4.78 is 0. The SMILES string of the molecule is Cc1cc(C(C)NC2CCCCC2C(C)C)c(C)s1. The molecule has 0 aromatic carbocycles. The number of aryl methyl sites for hydroxylation is 2. The zero-order valence-electron chi connectivity index (χ0n) is 13.1. The van der Waals surface area contributed by atoms with Crippen molar-refractivity contribution < 1.29 is 0 Å². The van der Waals surface area contributed by atoms with E-state index in [4.69, 9.17) is 0 Å². The van der Waals surface area contributed by atoms with Crippen molar-refractivity contribution >= 4 is 11.3 Å². The summed E-state index contributed by atoms with van der Waals surface area (Å²) in [4.78, 5) is 2.92. The Morgan fingerprint density at radius 3 is 2.42 bits per heavy atom. The Labute approximate surface area is 122 Å². The van der Waals surface area contributed by atoms with E-state index in [2.05, 4.69) is 46.0 Å². The van der Waals surface area contributed by atoms with Crippen molar-refractivity contribution in [1.82, 2.24) is 5.32 Å². The fourth-order valence-corrected chi connectivity index (χ4v) is 4.68. The first-order chi connectivity index (χ1) is 8.99. The monoisotopic (exact) mass is 279 g/mol. The van der Waals surface area contributed by atoms with Crippen LogP contribution in [0.15, 0.2) is 6.07 Å². The first kappa shape index (κ1) is 15.1. The van der Waals surface area contributed by atoms with Gasteiger partial charge in [0.15, 0.2) is 0 Å². The summed E-state index contributed by atoms with van der Waals surface area (Å²) in [6.45, 7) is 11.6. The van der Waals surface area contributed by atoms with Gasteiger partial charge in [-0.05, 0) is 57.1 Å². The second kappa shape index (κ2) is 6.41. The molecule has 19 heavy (non-hydrogen) atoms. The van der Waals surface area contributed by atoms with Gasteiger partial charge >= 0.3 is 0 Å². The zero-order chi connectivity index (χ0) is 14.0. The van der Waals surface area contributed by atoms with Crippen molar-refractivity contribution in [3.63, 3.8) is 0 Å².